The molecule has 4 rings (SSSR count). The fourth-order valence-corrected chi connectivity index (χ4v) is 3.86. The van der Waals surface area contributed by atoms with Crippen LogP contribution in [0.3, 0.4) is 0 Å². The van der Waals surface area contributed by atoms with Gasteiger partial charge in [0.25, 0.3) is 0 Å². The maximum Gasteiger partial charge on any atom is 0.159 e. The molecule has 2 unspecified atom stereocenters. The number of nitriles is 1. The highest BCUT2D eigenvalue weighted by Gasteiger charge is 2.29. The van der Waals surface area contributed by atoms with Gasteiger partial charge < -0.3 is 21.5 Å². The first-order chi connectivity index (χ1) is 14.5. The molecule has 2 fully saturated rings. The third-order valence-electron chi connectivity index (χ3n) is 5.49. The molecule has 2 saturated carbocycles. The van der Waals surface area contributed by atoms with Gasteiger partial charge in [-0.15, -0.1) is 10.2 Å². The minimum atomic E-state index is -0.941. The SMILES string of the molecule is N#Cc1cnc(Nc2cc(NC3CCC(N)C3)c(C#CC3(O)CCCC3)nn2)cn1. The van der Waals surface area contributed by atoms with Crippen LogP contribution in [-0.4, -0.2) is 43.0 Å². The zero-order chi connectivity index (χ0) is 21.0. The summed E-state index contributed by atoms with van der Waals surface area (Å²) >= 11 is 0. The molecule has 2 aliphatic rings. The van der Waals surface area contributed by atoms with Gasteiger partial charge in [0, 0.05) is 18.2 Å². The highest BCUT2D eigenvalue weighted by molar-refractivity contribution is 5.63. The first-order valence-electron chi connectivity index (χ1n) is 10.2. The van der Waals surface area contributed by atoms with E-state index in [-0.39, 0.29) is 17.8 Å². The summed E-state index contributed by atoms with van der Waals surface area (Å²) in [4.78, 5) is 8.14. The van der Waals surface area contributed by atoms with Crippen molar-refractivity contribution in [2.24, 2.45) is 5.73 Å². The summed E-state index contributed by atoms with van der Waals surface area (Å²) in [6, 6.07) is 4.18. The maximum absolute atomic E-state index is 10.5. The fourth-order valence-electron chi connectivity index (χ4n) is 3.86. The van der Waals surface area contributed by atoms with Crippen molar-refractivity contribution in [2.75, 3.05) is 10.6 Å². The molecule has 0 spiro atoms. The Labute approximate surface area is 175 Å². The summed E-state index contributed by atoms with van der Waals surface area (Å²) < 4.78 is 0. The number of nitrogens with one attached hydrogen (secondary N) is 2. The van der Waals surface area contributed by atoms with E-state index in [9.17, 15) is 5.11 Å². The lowest BCUT2D eigenvalue weighted by atomic mass is 10.0. The Balaban J connectivity index is 1.58. The van der Waals surface area contributed by atoms with Crippen LogP contribution in [0.4, 0.5) is 17.3 Å². The van der Waals surface area contributed by atoms with Crippen molar-refractivity contribution < 1.29 is 5.11 Å². The molecular weight excluding hydrogens is 380 g/mol. The number of rotatable bonds is 4. The van der Waals surface area contributed by atoms with Crippen LogP contribution in [0.25, 0.3) is 0 Å². The van der Waals surface area contributed by atoms with Crippen molar-refractivity contribution in [1.29, 1.82) is 5.26 Å². The van der Waals surface area contributed by atoms with Gasteiger partial charge in [0.1, 0.15) is 17.5 Å². The molecule has 0 amide bonds. The van der Waals surface area contributed by atoms with Crippen LogP contribution in [0, 0.1) is 23.2 Å². The molecule has 2 aliphatic carbocycles. The summed E-state index contributed by atoms with van der Waals surface area (Å²) in [5.41, 5.74) is 6.58. The fraction of sp³-hybridized carbons (Fsp3) is 0.476. The maximum atomic E-state index is 10.5. The van der Waals surface area contributed by atoms with E-state index in [4.69, 9.17) is 11.0 Å². The molecule has 154 valence electrons. The molecule has 2 heterocycles. The molecule has 30 heavy (non-hydrogen) atoms. The Morgan fingerprint density at radius 3 is 2.63 bits per heavy atom. The second-order valence-electron chi connectivity index (χ2n) is 7.92. The smallest absolute Gasteiger partial charge is 0.159 e. The number of nitrogens with zero attached hydrogens (tertiary/aromatic N) is 5. The normalized spacial score (nSPS) is 22.0. The Morgan fingerprint density at radius 2 is 1.97 bits per heavy atom. The number of aromatic nitrogens is 4. The number of hydrogen-bond acceptors (Lipinski definition) is 9. The summed E-state index contributed by atoms with van der Waals surface area (Å²) in [5, 5.41) is 34.4. The van der Waals surface area contributed by atoms with Crippen molar-refractivity contribution in [1.82, 2.24) is 20.2 Å². The molecule has 0 aliphatic heterocycles. The van der Waals surface area contributed by atoms with Gasteiger partial charge in [-0.25, -0.2) is 9.97 Å². The quantitative estimate of drug-likeness (QED) is 0.560. The second kappa shape index (κ2) is 8.62. The molecule has 0 bridgehead atoms. The van der Waals surface area contributed by atoms with Crippen LogP contribution in [0.15, 0.2) is 18.5 Å². The van der Waals surface area contributed by atoms with Crippen molar-refractivity contribution in [3.05, 3.63) is 29.8 Å². The predicted octanol–water partition coefficient (Wildman–Crippen LogP) is 1.83. The average molecular weight is 404 g/mol. The Hall–Kier alpha value is -3.27. The van der Waals surface area contributed by atoms with E-state index in [1.807, 2.05) is 12.1 Å². The molecule has 2 aromatic heterocycles. The lowest BCUT2D eigenvalue weighted by Crippen LogP contribution is -2.22. The van der Waals surface area contributed by atoms with Gasteiger partial charge in [0.2, 0.25) is 0 Å². The molecule has 9 heteroatoms. The highest BCUT2D eigenvalue weighted by Crippen LogP contribution is 2.29. The van der Waals surface area contributed by atoms with E-state index in [1.165, 1.54) is 12.4 Å². The Morgan fingerprint density at radius 1 is 1.13 bits per heavy atom. The lowest BCUT2D eigenvalue weighted by molar-refractivity contribution is 0.110. The third kappa shape index (κ3) is 4.82. The van der Waals surface area contributed by atoms with Gasteiger partial charge in [0.15, 0.2) is 17.2 Å². The molecule has 9 nitrogen and oxygen atoms in total. The van der Waals surface area contributed by atoms with E-state index in [0.717, 1.165) is 37.8 Å². The summed E-state index contributed by atoms with van der Waals surface area (Å²) in [7, 11) is 0. The number of anilines is 3. The first kappa shape index (κ1) is 20.0. The van der Waals surface area contributed by atoms with Gasteiger partial charge in [-0.2, -0.15) is 5.26 Å². The van der Waals surface area contributed by atoms with Crippen molar-refractivity contribution in [3.63, 3.8) is 0 Å². The number of aliphatic hydroxyl groups is 1. The first-order valence-corrected chi connectivity index (χ1v) is 10.2. The van der Waals surface area contributed by atoms with Gasteiger partial charge >= 0.3 is 0 Å². The third-order valence-corrected chi connectivity index (χ3v) is 5.49. The van der Waals surface area contributed by atoms with Crippen molar-refractivity contribution in [3.8, 4) is 17.9 Å². The largest absolute Gasteiger partial charge is 0.380 e. The van der Waals surface area contributed by atoms with E-state index >= 15 is 0 Å². The molecule has 0 saturated heterocycles. The van der Waals surface area contributed by atoms with Gasteiger partial charge in [0.05, 0.1) is 18.1 Å². The van der Waals surface area contributed by atoms with Crippen LogP contribution in [0.1, 0.15) is 56.3 Å². The topological polar surface area (TPSA) is 146 Å². The van der Waals surface area contributed by atoms with E-state index in [0.29, 0.717) is 30.2 Å². The van der Waals surface area contributed by atoms with Crippen LogP contribution in [0.2, 0.25) is 0 Å². The molecule has 2 atom stereocenters. The minimum Gasteiger partial charge on any atom is -0.380 e. The number of nitrogens with two attached hydrogens (primary N) is 1. The van der Waals surface area contributed by atoms with E-state index < -0.39 is 5.60 Å². The lowest BCUT2D eigenvalue weighted by Gasteiger charge is -2.16. The molecule has 0 aromatic carbocycles. The average Bonchev–Trinajstić information content (AvgIpc) is 3.36. The highest BCUT2D eigenvalue weighted by atomic mass is 16.3. The molecule has 5 N–H and O–H groups in total. The van der Waals surface area contributed by atoms with Crippen LogP contribution in [0.5, 0.6) is 0 Å². The monoisotopic (exact) mass is 404 g/mol. The van der Waals surface area contributed by atoms with Crippen LogP contribution < -0.4 is 16.4 Å². The Bertz CT molecular complexity index is 998. The minimum absolute atomic E-state index is 0.192. The van der Waals surface area contributed by atoms with Crippen molar-refractivity contribution in [2.45, 2.75) is 62.6 Å². The van der Waals surface area contributed by atoms with Crippen molar-refractivity contribution >= 4 is 17.3 Å². The van der Waals surface area contributed by atoms with Crippen LogP contribution >= 0.6 is 0 Å². The molecule has 0 radical (unpaired) electrons. The standard InChI is InChI=1S/C21H24N8O/c22-11-16-12-25-20(13-24-16)27-19-10-18(26-15-4-3-14(23)9-15)17(28-29-19)5-8-21(30)6-1-2-7-21/h10,12-15,30H,1-4,6-7,9,23H2,(H2,25,26,27,29). The van der Waals surface area contributed by atoms with Gasteiger partial charge in [-0.05, 0) is 50.9 Å². The zero-order valence-corrected chi connectivity index (χ0v) is 16.6. The molecule has 2 aromatic rings. The summed E-state index contributed by atoms with van der Waals surface area (Å²) in [6.45, 7) is 0. The van der Waals surface area contributed by atoms with E-state index in [1.54, 1.807) is 0 Å². The molecular formula is C21H24N8O. The summed E-state index contributed by atoms with van der Waals surface area (Å²) in [6.07, 6.45) is 9.02. The van der Waals surface area contributed by atoms with Gasteiger partial charge in [-0.3, -0.25) is 0 Å². The summed E-state index contributed by atoms with van der Waals surface area (Å²) in [5.74, 6) is 6.95. The second-order valence-corrected chi connectivity index (χ2v) is 7.92. The Kier molecular flexibility index (Phi) is 5.75. The zero-order valence-electron chi connectivity index (χ0n) is 16.6. The predicted molar refractivity (Wildman–Crippen MR) is 112 cm³/mol. The van der Waals surface area contributed by atoms with Crippen LogP contribution in [-0.2, 0) is 0 Å². The van der Waals surface area contributed by atoms with E-state index in [2.05, 4.69) is 42.6 Å². The van der Waals surface area contributed by atoms with Gasteiger partial charge in [-0.1, -0.05) is 5.92 Å². The number of hydrogen-bond donors (Lipinski definition) is 4.